The second kappa shape index (κ2) is 10.9. The number of nitrogens with zero attached hydrogens (tertiary/aromatic N) is 3. The number of carbonyl (C=O) groups excluding carboxylic acids is 1. The topological polar surface area (TPSA) is 104 Å². The maximum absolute atomic E-state index is 13.8. The van der Waals surface area contributed by atoms with E-state index in [2.05, 4.69) is 10.3 Å². The summed E-state index contributed by atoms with van der Waals surface area (Å²) in [6, 6.07) is 13.0. The summed E-state index contributed by atoms with van der Waals surface area (Å²) >= 11 is 0. The molecule has 2 aromatic carbocycles. The first-order valence-corrected chi connectivity index (χ1v) is 14.5. The molecule has 0 radical (unpaired) electrons. The normalized spacial score (nSPS) is 15.3. The Morgan fingerprint density at radius 2 is 1.79 bits per heavy atom. The van der Waals surface area contributed by atoms with Crippen LogP contribution in [0.3, 0.4) is 0 Å². The third-order valence-corrected chi connectivity index (χ3v) is 9.28. The summed E-state index contributed by atoms with van der Waals surface area (Å²) in [6.45, 7) is 5.69. The maximum Gasteiger partial charge on any atom is 0.257 e. The fourth-order valence-corrected chi connectivity index (χ4v) is 7.05. The number of nitrogens with one attached hydrogen (secondary N) is 1. The molecule has 1 amide bonds. The first-order chi connectivity index (χ1) is 18.7. The monoisotopic (exact) mass is 550 g/mol. The fraction of sp³-hybridized carbons (Fsp3) is 0.379. The summed E-state index contributed by atoms with van der Waals surface area (Å²) in [5.74, 6) is 1.76. The zero-order valence-electron chi connectivity index (χ0n) is 22.7. The van der Waals surface area contributed by atoms with Crippen molar-refractivity contribution in [1.82, 2.24) is 14.5 Å². The molecule has 1 fully saturated rings. The number of hydrogen-bond acceptors (Lipinski definition) is 7. The lowest BCUT2D eigenvalue weighted by atomic mass is 10.1. The van der Waals surface area contributed by atoms with Crippen LogP contribution in [0.1, 0.15) is 51.2 Å². The van der Waals surface area contributed by atoms with Gasteiger partial charge in [0.1, 0.15) is 23.6 Å². The van der Waals surface area contributed by atoms with Gasteiger partial charge in [0.25, 0.3) is 5.91 Å². The molecule has 1 aliphatic heterocycles. The molecular weight excluding hydrogens is 516 g/mol. The molecule has 3 aromatic rings. The molecule has 206 valence electrons. The highest BCUT2D eigenvalue weighted by atomic mass is 32.2. The third kappa shape index (κ3) is 5.72. The van der Waals surface area contributed by atoms with E-state index in [1.165, 1.54) is 10.6 Å². The van der Waals surface area contributed by atoms with Gasteiger partial charge in [0.15, 0.2) is 0 Å². The lowest BCUT2D eigenvalue weighted by molar-refractivity contribution is 0.0784. The van der Waals surface area contributed by atoms with Gasteiger partial charge in [0.05, 0.1) is 30.7 Å². The van der Waals surface area contributed by atoms with Crippen LogP contribution in [0, 0.1) is 13.8 Å². The first kappa shape index (κ1) is 27.0. The zero-order valence-corrected chi connectivity index (χ0v) is 23.5. The lowest BCUT2D eigenvalue weighted by Gasteiger charge is -2.23. The van der Waals surface area contributed by atoms with Crippen molar-refractivity contribution in [3.63, 3.8) is 0 Å². The molecule has 10 heteroatoms. The van der Waals surface area contributed by atoms with Crippen LogP contribution in [0.5, 0.6) is 5.75 Å². The van der Waals surface area contributed by atoms with E-state index in [-0.39, 0.29) is 18.5 Å². The van der Waals surface area contributed by atoms with E-state index in [0.29, 0.717) is 39.6 Å². The quantitative estimate of drug-likeness (QED) is 0.411. The second-order valence-electron chi connectivity index (χ2n) is 10.2. The number of benzene rings is 2. The highest BCUT2D eigenvalue weighted by Gasteiger charge is 2.40. The molecule has 1 aromatic heterocycles. The predicted molar refractivity (Wildman–Crippen MR) is 149 cm³/mol. The molecule has 39 heavy (non-hydrogen) atoms. The minimum absolute atomic E-state index is 0.0638. The van der Waals surface area contributed by atoms with Gasteiger partial charge in [-0.1, -0.05) is 24.3 Å². The molecule has 1 N–H and O–H groups in total. The van der Waals surface area contributed by atoms with Gasteiger partial charge in [0, 0.05) is 31.7 Å². The second-order valence-corrected chi connectivity index (χ2v) is 12.0. The maximum atomic E-state index is 13.8. The van der Waals surface area contributed by atoms with Crippen LogP contribution in [0.2, 0.25) is 0 Å². The summed E-state index contributed by atoms with van der Waals surface area (Å²) < 4.78 is 40.1. The molecule has 0 bridgehead atoms. The predicted octanol–water partition coefficient (Wildman–Crippen LogP) is 3.88. The van der Waals surface area contributed by atoms with Crippen LogP contribution in [0.15, 0.2) is 63.0 Å². The van der Waals surface area contributed by atoms with Crippen molar-refractivity contribution in [3.8, 4) is 5.75 Å². The van der Waals surface area contributed by atoms with Gasteiger partial charge in [-0.05, 0) is 61.6 Å². The largest absolute Gasteiger partial charge is 0.497 e. The Hall–Kier alpha value is -3.63. The van der Waals surface area contributed by atoms with Gasteiger partial charge < -0.3 is 19.4 Å². The summed E-state index contributed by atoms with van der Waals surface area (Å²) in [7, 11) is -0.491. The van der Waals surface area contributed by atoms with Gasteiger partial charge in [-0.25, -0.2) is 8.42 Å². The third-order valence-electron chi connectivity index (χ3n) is 7.07. The number of furan rings is 1. The number of sulfonamides is 1. The van der Waals surface area contributed by atoms with E-state index in [1.54, 1.807) is 51.1 Å². The molecular formula is C29H34N4O5S. The molecule has 1 saturated carbocycles. The number of aliphatic imine (C=N–C) groups is 1. The Balaban J connectivity index is 1.28. The van der Waals surface area contributed by atoms with Crippen LogP contribution in [-0.2, 0) is 23.1 Å². The number of aryl methyl sites for hydroxylation is 2. The summed E-state index contributed by atoms with van der Waals surface area (Å²) in [5, 5.41) is 3.26. The smallest absolute Gasteiger partial charge is 0.257 e. The molecule has 0 saturated heterocycles. The Morgan fingerprint density at radius 1 is 1.10 bits per heavy atom. The number of ether oxygens (including phenoxy) is 1. The Labute approximate surface area is 229 Å². The van der Waals surface area contributed by atoms with E-state index in [1.807, 2.05) is 24.3 Å². The Bertz CT molecular complexity index is 1480. The lowest BCUT2D eigenvalue weighted by Crippen LogP contribution is -2.33. The number of amides is 1. The molecule has 5 rings (SSSR count). The van der Waals surface area contributed by atoms with Crippen molar-refractivity contribution < 1.29 is 22.4 Å². The van der Waals surface area contributed by atoms with E-state index in [4.69, 9.17) is 9.15 Å². The van der Waals surface area contributed by atoms with Gasteiger partial charge >= 0.3 is 0 Å². The number of carbonyl (C=O) groups is 1. The molecule has 2 heterocycles. The van der Waals surface area contributed by atoms with Gasteiger partial charge in [-0.3, -0.25) is 9.79 Å². The number of hydrogen-bond donors (Lipinski definition) is 1. The van der Waals surface area contributed by atoms with Crippen molar-refractivity contribution in [2.75, 3.05) is 27.2 Å². The zero-order chi connectivity index (χ0) is 27.7. The molecule has 0 spiro atoms. The van der Waals surface area contributed by atoms with Crippen LogP contribution in [-0.4, -0.2) is 62.7 Å². The SMILES string of the molecule is COc1cc(C)c(S(=O)(=O)N(Cc2cc(C(=O)N(C)Cc3ccc(C4=NCCN4)cc3)co2)C2CC2)c(C)c1. The van der Waals surface area contributed by atoms with Crippen LogP contribution in [0.4, 0.5) is 0 Å². The number of methoxy groups -OCH3 is 1. The Morgan fingerprint density at radius 3 is 2.38 bits per heavy atom. The van der Waals surface area contributed by atoms with Crippen LogP contribution in [0.25, 0.3) is 0 Å². The van der Waals surface area contributed by atoms with Crippen LogP contribution < -0.4 is 10.1 Å². The molecule has 9 nitrogen and oxygen atoms in total. The average molecular weight is 551 g/mol. The van der Waals surface area contributed by atoms with Gasteiger partial charge in [-0.15, -0.1) is 0 Å². The number of rotatable bonds is 10. The van der Waals surface area contributed by atoms with Crippen molar-refractivity contribution in [1.29, 1.82) is 0 Å². The highest BCUT2D eigenvalue weighted by molar-refractivity contribution is 7.89. The molecule has 1 aliphatic carbocycles. The first-order valence-electron chi connectivity index (χ1n) is 13.0. The standard InChI is InChI=1S/C29H34N4O5S/c1-19-13-25(37-4)14-20(2)27(19)39(35,36)33(24-9-10-24)17-26-15-23(18-38-26)29(34)32(3)16-21-5-7-22(8-6-21)28-30-11-12-31-28/h5-8,13-15,18,24H,9-12,16-17H2,1-4H3,(H,30,31). The van der Waals surface area contributed by atoms with E-state index >= 15 is 0 Å². The summed E-state index contributed by atoms with van der Waals surface area (Å²) in [6.07, 6.45) is 3.00. The molecule has 2 aliphatic rings. The number of amidine groups is 1. The van der Waals surface area contributed by atoms with E-state index in [9.17, 15) is 13.2 Å². The van der Waals surface area contributed by atoms with Crippen molar-refractivity contribution in [2.45, 2.75) is 50.7 Å². The van der Waals surface area contributed by atoms with Gasteiger partial charge in [-0.2, -0.15) is 4.31 Å². The Kier molecular flexibility index (Phi) is 7.51. The molecule has 0 atom stereocenters. The van der Waals surface area contributed by atoms with E-state index in [0.717, 1.165) is 42.9 Å². The fourth-order valence-electron chi connectivity index (χ4n) is 4.98. The van der Waals surface area contributed by atoms with E-state index < -0.39 is 10.0 Å². The summed E-state index contributed by atoms with van der Waals surface area (Å²) in [5.41, 5.74) is 3.68. The van der Waals surface area contributed by atoms with Crippen molar-refractivity contribution in [2.24, 2.45) is 4.99 Å². The van der Waals surface area contributed by atoms with Crippen molar-refractivity contribution >= 4 is 21.8 Å². The summed E-state index contributed by atoms with van der Waals surface area (Å²) in [4.78, 5) is 19.5. The van der Waals surface area contributed by atoms with Gasteiger partial charge in [0.2, 0.25) is 10.0 Å². The molecule has 0 unspecified atom stereocenters. The van der Waals surface area contributed by atoms with Crippen molar-refractivity contribution in [3.05, 3.63) is 82.3 Å². The minimum Gasteiger partial charge on any atom is -0.497 e. The van der Waals surface area contributed by atoms with Crippen LogP contribution >= 0.6 is 0 Å². The highest BCUT2D eigenvalue weighted by Crippen LogP contribution is 2.36. The average Bonchev–Trinajstić information content (AvgIpc) is 3.38. The minimum atomic E-state index is -3.79.